The van der Waals surface area contributed by atoms with Gasteiger partial charge in [0.25, 0.3) is 11.5 Å². The van der Waals surface area contributed by atoms with Crippen LogP contribution >= 0.6 is 11.6 Å². The van der Waals surface area contributed by atoms with Gasteiger partial charge in [0.15, 0.2) is 0 Å². The molecule has 0 radical (unpaired) electrons. The van der Waals surface area contributed by atoms with Crippen LogP contribution in [0, 0.1) is 30.0 Å². The molecule has 5 nitrogen and oxygen atoms in total. The molecule has 13 heteroatoms. The molecule has 4 rings (SSSR count). The van der Waals surface area contributed by atoms with Crippen molar-refractivity contribution in [3.8, 4) is 6.07 Å². The third-order valence-electron chi connectivity index (χ3n) is 6.44. The predicted molar refractivity (Wildman–Crippen MR) is 117 cm³/mol. The van der Waals surface area contributed by atoms with E-state index in [1.807, 2.05) is 0 Å². The highest BCUT2D eigenvalue weighted by Crippen LogP contribution is 2.51. The zero-order chi connectivity index (χ0) is 27.3. The number of nitriles is 1. The number of carbonyl (C=O) groups is 1. The molecule has 2 aromatic carbocycles. The lowest BCUT2D eigenvalue weighted by atomic mass is 9.81. The summed E-state index contributed by atoms with van der Waals surface area (Å²) in [7, 11) is 0. The zero-order valence-corrected chi connectivity index (χ0v) is 19.7. The molecule has 37 heavy (non-hydrogen) atoms. The average molecular weight is 548 g/mol. The quantitative estimate of drug-likeness (QED) is 0.449. The van der Waals surface area contributed by atoms with Gasteiger partial charge in [0.05, 0.1) is 34.7 Å². The SMILES string of the molecule is Cc1cc(C2=NOC(c3cc(C(F)(F)F)cc(Cl)c3F)(C(F)(F)F)C2)ccc1C(=O)NC1CC(C#N)C1. The minimum atomic E-state index is -5.37. The van der Waals surface area contributed by atoms with E-state index in [0.717, 1.165) is 0 Å². The third kappa shape index (κ3) is 4.84. The molecule has 1 aliphatic heterocycles. The lowest BCUT2D eigenvalue weighted by molar-refractivity contribution is -0.276. The summed E-state index contributed by atoms with van der Waals surface area (Å²) in [6.07, 6.45) is -10.6. The van der Waals surface area contributed by atoms with E-state index in [1.165, 1.54) is 25.1 Å². The van der Waals surface area contributed by atoms with E-state index in [0.29, 0.717) is 18.4 Å². The summed E-state index contributed by atoms with van der Waals surface area (Å²) in [5.41, 5.74) is -6.16. The van der Waals surface area contributed by atoms with Crippen molar-refractivity contribution >= 4 is 23.2 Å². The van der Waals surface area contributed by atoms with Crippen molar-refractivity contribution in [3.63, 3.8) is 0 Å². The Bertz CT molecular complexity index is 1330. The number of nitrogens with zero attached hydrogens (tertiary/aromatic N) is 2. The van der Waals surface area contributed by atoms with Crippen LogP contribution in [-0.2, 0) is 16.6 Å². The molecule has 0 saturated heterocycles. The maximum Gasteiger partial charge on any atom is 0.435 e. The molecular weight excluding hydrogens is 531 g/mol. The van der Waals surface area contributed by atoms with Crippen molar-refractivity contribution in [2.24, 2.45) is 11.1 Å². The first-order valence-electron chi connectivity index (χ1n) is 10.9. The first-order chi connectivity index (χ1) is 17.2. The van der Waals surface area contributed by atoms with Gasteiger partial charge in [-0.15, -0.1) is 0 Å². The number of rotatable bonds is 4. The number of nitrogens with one attached hydrogen (secondary N) is 1. The van der Waals surface area contributed by atoms with Crippen LogP contribution in [0.4, 0.5) is 30.7 Å². The predicted octanol–water partition coefficient (Wildman–Crippen LogP) is 6.42. The largest absolute Gasteiger partial charge is 0.435 e. The molecule has 1 unspecified atom stereocenters. The minimum absolute atomic E-state index is 0.0170. The van der Waals surface area contributed by atoms with Gasteiger partial charge in [-0.05, 0) is 55.2 Å². The summed E-state index contributed by atoms with van der Waals surface area (Å²) in [6, 6.07) is 6.19. The van der Waals surface area contributed by atoms with Crippen LogP contribution in [0.3, 0.4) is 0 Å². The lowest BCUT2D eigenvalue weighted by Crippen LogP contribution is -2.44. The molecule has 1 saturated carbocycles. The van der Waals surface area contributed by atoms with Crippen molar-refractivity contribution in [1.29, 1.82) is 5.26 Å². The van der Waals surface area contributed by atoms with Gasteiger partial charge in [-0.3, -0.25) is 4.79 Å². The van der Waals surface area contributed by atoms with E-state index in [-0.39, 0.29) is 40.9 Å². The number of benzene rings is 2. The number of oxime groups is 1. The second-order valence-electron chi connectivity index (χ2n) is 8.95. The fourth-order valence-corrected chi connectivity index (χ4v) is 4.51. The second kappa shape index (κ2) is 9.20. The Morgan fingerprint density at radius 1 is 1.19 bits per heavy atom. The molecule has 0 aromatic heterocycles. The molecule has 2 aromatic rings. The van der Waals surface area contributed by atoms with Gasteiger partial charge in [-0.25, -0.2) is 4.39 Å². The van der Waals surface area contributed by atoms with Gasteiger partial charge < -0.3 is 10.2 Å². The average Bonchev–Trinajstić information content (AvgIpc) is 3.23. The number of hydrogen-bond donors (Lipinski definition) is 1. The lowest BCUT2D eigenvalue weighted by Gasteiger charge is -2.31. The van der Waals surface area contributed by atoms with Crippen LogP contribution in [-0.4, -0.2) is 23.8 Å². The molecule has 0 bridgehead atoms. The number of amides is 1. The highest BCUT2D eigenvalue weighted by Gasteiger charge is 2.64. The fourth-order valence-electron chi connectivity index (χ4n) is 4.29. The first kappa shape index (κ1) is 26.7. The topological polar surface area (TPSA) is 74.5 Å². The Kier molecular flexibility index (Phi) is 6.65. The van der Waals surface area contributed by atoms with E-state index >= 15 is 0 Å². The van der Waals surface area contributed by atoms with Crippen LogP contribution in [0.1, 0.15) is 51.9 Å². The van der Waals surface area contributed by atoms with Crippen LogP contribution in [0.25, 0.3) is 0 Å². The summed E-state index contributed by atoms with van der Waals surface area (Å²) < 4.78 is 97.1. The smallest absolute Gasteiger partial charge is 0.374 e. The molecule has 196 valence electrons. The van der Waals surface area contributed by atoms with E-state index in [2.05, 4.69) is 21.4 Å². The summed E-state index contributed by atoms with van der Waals surface area (Å²) in [4.78, 5) is 17.2. The third-order valence-corrected chi connectivity index (χ3v) is 6.71. The highest BCUT2D eigenvalue weighted by molar-refractivity contribution is 6.30. The number of hydrogen-bond acceptors (Lipinski definition) is 4. The fraction of sp³-hybridized carbons (Fsp3) is 0.375. The minimum Gasteiger partial charge on any atom is -0.374 e. The molecule has 1 aliphatic carbocycles. The Morgan fingerprint density at radius 3 is 2.43 bits per heavy atom. The van der Waals surface area contributed by atoms with Crippen molar-refractivity contribution in [1.82, 2.24) is 5.32 Å². The maximum absolute atomic E-state index is 14.7. The van der Waals surface area contributed by atoms with Crippen molar-refractivity contribution in [3.05, 3.63) is 69.0 Å². The zero-order valence-electron chi connectivity index (χ0n) is 18.9. The number of aryl methyl sites for hydroxylation is 1. The van der Waals surface area contributed by atoms with Gasteiger partial charge in [0, 0.05) is 17.2 Å². The normalized spacial score (nSPS) is 23.5. The number of carbonyl (C=O) groups excluding carboxylic acids is 1. The van der Waals surface area contributed by atoms with Gasteiger partial charge in [0.1, 0.15) is 5.82 Å². The Morgan fingerprint density at radius 2 is 1.86 bits per heavy atom. The van der Waals surface area contributed by atoms with Gasteiger partial charge >= 0.3 is 12.4 Å². The Hall–Kier alpha value is -3.33. The number of halogens is 8. The van der Waals surface area contributed by atoms with Crippen LogP contribution in [0.5, 0.6) is 0 Å². The van der Waals surface area contributed by atoms with Crippen molar-refractivity contribution in [2.75, 3.05) is 0 Å². The standard InChI is InChI=1S/C24H17ClF7N3O2/c1-11-4-13(2-3-16(11)21(36)34-15-5-12(6-15)10-33)19-9-22(37-35-19,24(30,31)32)17-7-14(23(27,28)29)8-18(25)20(17)26/h2-4,7-8,12,15H,5-6,9H2,1H3,(H,34,36). The molecule has 1 amide bonds. The molecule has 2 aliphatic rings. The van der Waals surface area contributed by atoms with Crippen molar-refractivity contribution < 1.29 is 40.4 Å². The number of alkyl halides is 6. The Labute approximate surface area is 210 Å². The first-order valence-corrected chi connectivity index (χ1v) is 11.2. The molecule has 1 N–H and O–H groups in total. The summed E-state index contributed by atoms with van der Waals surface area (Å²) in [6.45, 7) is 1.54. The van der Waals surface area contributed by atoms with Gasteiger partial charge in [0.2, 0.25) is 0 Å². The molecule has 1 atom stereocenters. The van der Waals surface area contributed by atoms with E-state index in [1.54, 1.807) is 0 Å². The molecule has 1 heterocycles. The van der Waals surface area contributed by atoms with E-state index in [4.69, 9.17) is 16.9 Å². The summed E-state index contributed by atoms with van der Waals surface area (Å²) in [5, 5.41) is 13.9. The molecule has 1 fully saturated rings. The molecular formula is C24H17ClF7N3O2. The van der Waals surface area contributed by atoms with Gasteiger partial charge in [-0.1, -0.05) is 22.8 Å². The summed E-state index contributed by atoms with van der Waals surface area (Å²) in [5.74, 6) is -2.26. The van der Waals surface area contributed by atoms with E-state index in [9.17, 15) is 35.5 Å². The van der Waals surface area contributed by atoms with Crippen LogP contribution in [0.2, 0.25) is 5.02 Å². The maximum atomic E-state index is 14.7. The van der Waals surface area contributed by atoms with Crippen LogP contribution < -0.4 is 5.32 Å². The van der Waals surface area contributed by atoms with E-state index < -0.39 is 52.2 Å². The Balaban J connectivity index is 1.63. The van der Waals surface area contributed by atoms with Crippen molar-refractivity contribution in [2.45, 2.75) is 50.2 Å². The monoisotopic (exact) mass is 547 g/mol. The highest BCUT2D eigenvalue weighted by atomic mass is 35.5. The van der Waals surface area contributed by atoms with Gasteiger partial charge in [-0.2, -0.15) is 31.6 Å². The van der Waals surface area contributed by atoms with Crippen LogP contribution in [0.15, 0.2) is 35.5 Å². The summed E-state index contributed by atoms with van der Waals surface area (Å²) >= 11 is 5.51. The molecule has 0 spiro atoms. The second-order valence-corrected chi connectivity index (χ2v) is 9.35.